The zero-order valence-electron chi connectivity index (χ0n) is 8.67. The molecule has 2 nitrogen and oxygen atoms in total. The molecular formula is C12H10Br2N2. The minimum absolute atomic E-state index is 0.823. The highest BCUT2D eigenvalue weighted by Crippen LogP contribution is 2.25. The summed E-state index contributed by atoms with van der Waals surface area (Å²) in [6, 6.07) is 9.96. The lowest BCUT2D eigenvalue weighted by atomic mass is 10.2. The Morgan fingerprint density at radius 2 is 1.94 bits per heavy atom. The lowest BCUT2D eigenvalue weighted by molar-refractivity contribution is 1.28. The molecule has 0 aliphatic rings. The van der Waals surface area contributed by atoms with Crippen LogP contribution in [-0.2, 0) is 0 Å². The van der Waals surface area contributed by atoms with Crippen LogP contribution in [0, 0.1) is 6.92 Å². The van der Waals surface area contributed by atoms with Gasteiger partial charge in [-0.15, -0.1) is 0 Å². The summed E-state index contributed by atoms with van der Waals surface area (Å²) in [7, 11) is 0. The van der Waals surface area contributed by atoms with Crippen LogP contribution in [0.3, 0.4) is 0 Å². The predicted octanol–water partition coefficient (Wildman–Crippen LogP) is 4.66. The number of anilines is 2. The molecule has 0 bridgehead atoms. The van der Waals surface area contributed by atoms with E-state index in [9.17, 15) is 0 Å². The molecule has 4 heteroatoms. The van der Waals surface area contributed by atoms with Gasteiger partial charge in [-0.25, -0.2) is 4.98 Å². The molecule has 0 aliphatic heterocycles. The Hall–Kier alpha value is -0.870. The summed E-state index contributed by atoms with van der Waals surface area (Å²) in [6.45, 7) is 2.06. The van der Waals surface area contributed by atoms with Gasteiger partial charge in [0.15, 0.2) is 0 Å². The Morgan fingerprint density at radius 1 is 1.12 bits per heavy atom. The van der Waals surface area contributed by atoms with Gasteiger partial charge in [0, 0.05) is 16.4 Å². The zero-order valence-corrected chi connectivity index (χ0v) is 11.8. The number of rotatable bonds is 2. The fourth-order valence-corrected chi connectivity index (χ4v) is 1.94. The Morgan fingerprint density at radius 3 is 2.62 bits per heavy atom. The van der Waals surface area contributed by atoms with Gasteiger partial charge in [-0.05, 0) is 58.7 Å². The molecule has 1 N–H and O–H groups in total. The van der Waals surface area contributed by atoms with Crippen LogP contribution in [0.4, 0.5) is 11.5 Å². The summed E-state index contributed by atoms with van der Waals surface area (Å²) in [5, 5.41) is 3.26. The van der Waals surface area contributed by atoms with Crippen LogP contribution in [0.1, 0.15) is 5.56 Å². The lowest BCUT2D eigenvalue weighted by Crippen LogP contribution is -1.94. The standard InChI is InChI=1S/C12H10Br2N2/c1-8-7-9(4-5-10(8)13)16-12-11(14)3-2-6-15-12/h2-7H,1H3,(H,15,16). The van der Waals surface area contributed by atoms with Crippen molar-refractivity contribution in [1.82, 2.24) is 4.98 Å². The highest BCUT2D eigenvalue weighted by Gasteiger charge is 2.01. The van der Waals surface area contributed by atoms with Crippen molar-refractivity contribution in [3.05, 3.63) is 51.0 Å². The number of nitrogens with one attached hydrogen (secondary N) is 1. The van der Waals surface area contributed by atoms with Crippen molar-refractivity contribution in [2.45, 2.75) is 6.92 Å². The third kappa shape index (κ3) is 2.62. The number of pyridine rings is 1. The maximum absolute atomic E-state index is 4.26. The van der Waals surface area contributed by atoms with Crippen LogP contribution in [-0.4, -0.2) is 4.98 Å². The molecule has 2 aromatic rings. The van der Waals surface area contributed by atoms with Gasteiger partial charge < -0.3 is 5.32 Å². The fourth-order valence-electron chi connectivity index (χ4n) is 1.34. The Bertz CT molecular complexity index is 512. The van der Waals surface area contributed by atoms with Gasteiger partial charge in [0.05, 0.1) is 4.47 Å². The van der Waals surface area contributed by atoms with Crippen molar-refractivity contribution in [2.75, 3.05) is 5.32 Å². The molecule has 82 valence electrons. The van der Waals surface area contributed by atoms with Crippen molar-refractivity contribution >= 4 is 43.4 Å². The average molecular weight is 342 g/mol. The van der Waals surface area contributed by atoms with E-state index in [1.165, 1.54) is 5.56 Å². The maximum atomic E-state index is 4.26. The van der Waals surface area contributed by atoms with E-state index >= 15 is 0 Å². The molecule has 0 saturated heterocycles. The van der Waals surface area contributed by atoms with Crippen molar-refractivity contribution in [2.24, 2.45) is 0 Å². The van der Waals surface area contributed by atoms with Gasteiger partial charge >= 0.3 is 0 Å². The minimum Gasteiger partial charge on any atom is -0.339 e. The molecule has 0 atom stereocenters. The highest BCUT2D eigenvalue weighted by atomic mass is 79.9. The molecule has 16 heavy (non-hydrogen) atoms. The Balaban J connectivity index is 2.28. The quantitative estimate of drug-likeness (QED) is 0.859. The molecule has 0 radical (unpaired) electrons. The second-order valence-corrected chi connectivity index (χ2v) is 5.13. The summed E-state index contributed by atoms with van der Waals surface area (Å²) in [5.41, 5.74) is 2.22. The molecule has 0 unspecified atom stereocenters. The third-order valence-corrected chi connectivity index (χ3v) is 3.71. The first kappa shape index (κ1) is 11.6. The topological polar surface area (TPSA) is 24.9 Å². The molecule has 1 aromatic carbocycles. The Kier molecular flexibility index (Phi) is 3.61. The van der Waals surface area contributed by atoms with Gasteiger partial charge in [-0.3, -0.25) is 0 Å². The second kappa shape index (κ2) is 4.97. The first-order valence-electron chi connectivity index (χ1n) is 4.80. The minimum atomic E-state index is 0.823. The number of nitrogens with zero attached hydrogens (tertiary/aromatic N) is 1. The summed E-state index contributed by atoms with van der Waals surface area (Å²) in [5.74, 6) is 0.823. The number of hydrogen-bond donors (Lipinski definition) is 1. The van der Waals surface area contributed by atoms with Crippen molar-refractivity contribution in [1.29, 1.82) is 0 Å². The summed E-state index contributed by atoms with van der Waals surface area (Å²) in [4.78, 5) is 4.26. The smallest absolute Gasteiger partial charge is 0.144 e. The second-order valence-electron chi connectivity index (χ2n) is 3.42. The largest absolute Gasteiger partial charge is 0.339 e. The molecule has 0 amide bonds. The zero-order chi connectivity index (χ0) is 11.5. The summed E-state index contributed by atoms with van der Waals surface area (Å²) < 4.78 is 2.06. The van der Waals surface area contributed by atoms with E-state index in [-0.39, 0.29) is 0 Å². The molecule has 1 heterocycles. The summed E-state index contributed by atoms with van der Waals surface area (Å²) >= 11 is 6.93. The van der Waals surface area contributed by atoms with E-state index < -0.39 is 0 Å². The first-order chi connectivity index (χ1) is 7.66. The average Bonchev–Trinajstić information content (AvgIpc) is 2.27. The number of aryl methyl sites for hydroxylation is 1. The van der Waals surface area contributed by atoms with Gasteiger partial charge in [-0.2, -0.15) is 0 Å². The summed E-state index contributed by atoms with van der Waals surface area (Å²) in [6.07, 6.45) is 1.76. The predicted molar refractivity (Wildman–Crippen MR) is 74.1 cm³/mol. The SMILES string of the molecule is Cc1cc(Nc2ncccc2Br)ccc1Br. The van der Waals surface area contributed by atoms with Crippen LogP contribution in [0.25, 0.3) is 0 Å². The molecule has 2 rings (SSSR count). The highest BCUT2D eigenvalue weighted by molar-refractivity contribution is 9.10. The first-order valence-corrected chi connectivity index (χ1v) is 6.39. The van der Waals surface area contributed by atoms with E-state index in [0.717, 1.165) is 20.5 Å². The van der Waals surface area contributed by atoms with Gasteiger partial charge in [0.25, 0.3) is 0 Å². The van der Waals surface area contributed by atoms with Gasteiger partial charge in [0.1, 0.15) is 5.82 Å². The van der Waals surface area contributed by atoms with E-state index in [2.05, 4.69) is 55.2 Å². The maximum Gasteiger partial charge on any atom is 0.144 e. The van der Waals surface area contributed by atoms with Crippen LogP contribution >= 0.6 is 31.9 Å². The van der Waals surface area contributed by atoms with Crippen LogP contribution in [0.15, 0.2) is 45.5 Å². The number of aromatic nitrogens is 1. The van der Waals surface area contributed by atoms with Crippen LogP contribution < -0.4 is 5.32 Å². The fraction of sp³-hybridized carbons (Fsp3) is 0.0833. The molecule has 0 fully saturated rings. The van der Waals surface area contributed by atoms with E-state index in [1.807, 2.05) is 24.3 Å². The third-order valence-electron chi connectivity index (χ3n) is 2.18. The van der Waals surface area contributed by atoms with Crippen LogP contribution in [0.2, 0.25) is 0 Å². The molecular weight excluding hydrogens is 332 g/mol. The van der Waals surface area contributed by atoms with Crippen molar-refractivity contribution in [3.63, 3.8) is 0 Å². The monoisotopic (exact) mass is 340 g/mol. The van der Waals surface area contributed by atoms with Crippen molar-refractivity contribution in [3.8, 4) is 0 Å². The lowest BCUT2D eigenvalue weighted by Gasteiger charge is -2.08. The van der Waals surface area contributed by atoms with Gasteiger partial charge in [-0.1, -0.05) is 15.9 Å². The van der Waals surface area contributed by atoms with E-state index in [4.69, 9.17) is 0 Å². The molecule has 0 saturated carbocycles. The number of benzene rings is 1. The molecule has 0 spiro atoms. The van der Waals surface area contributed by atoms with E-state index in [1.54, 1.807) is 6.20 Å². The van der Waals surface area contributed by atoms with E-state index in [0.29, 0.717) is 0 Å². The molecule has 0 aliphatic carbocycles. The Labute approximate surface area is 111 Å². The van der Waals surface area contributed by atoms with Crippen LogP contribution in [0.5, 0.6) is 0 Å². The number of halogens is 2. The van der Waals surface area contributed by atoms with Crippen molar-refractivity contribution < 1.29 is 0 Å². The number of hydrogen-bond acceptors (Lipinski definition) is 2. The van der Waals surface area contributed by atoms with Gasteiger partial charge in [0.2, 0.25) is 0 Å². The normalized spacial score (nSPS) is 10.2. The molecule has 1 aromatic heterocycles.